The molecule has 1 aliphatic rings. The summed E-state index contributed by atoms with van der Waals surface area (Å²) in [5.41, 5.74) is 0. The number of thioether (sulfide) groups is 1. The van der Waals surface area contributed by atoms with Crippen LogP contribution in [-0.2, 0) is 0 Å². The molecule has 2 heterocycles. The second-order valence-electron chi connectivity index (χ2n) is 4.04. The topological polar surface area (TPSA) is 53.7 Å². The molecule has 17 heavy (non-hydrogen) atoms. The molecule has 1 fully saturated rings. The van der Waals surface area contributed by atoms with Gasteiger partial charge in [-0.3, -0.25) is 4.79 Å². The van der Waals surface area contributed by atoms with Gasteiger partial charge >= 0.3 is 0 Å². The molecular formula is C12H17NO3S. The van der Waals surface area contributed by atoms with Gasteiger partial charge in [-0.1, -0.05) is 0 Å². The maximum atomic E-state index is 12.2. The summed E-state index contributed by atoms with van der Waals surface area (Å²) in [4.78, 5) is 14.0. The third kappa shape index (κ3) is 3.04. The summed E-state index contributed by atoms with van der Waals surface area (Å²) >= 11 is 1.92. The molecule has 0 bridgehead atoms. The molecule has 0 unspecified atom stereocenters. The maximum Gasteiger partial charge on any atom is 0.289 e. The van der Waals surface area contributed by atoms with E-state index in [0.29, 0.717) is 12.3 Å². The maximum absolute atomic E-state index is 12.2. The molecule has 1 N–H and O–H groups in total. The zero-order valence-electron chi connectivity index (χ0n) is 9.67. The molecule has 0 radical (unpaired) electrons. The van der Waals surface area contributed by atoms with E-state index in [9.17, 15) is 4.79 Å². The third-order valence-electron chi connectivity index (χ3n) is 2.97. The van der Waals surface area contributed by atoms with Crippen LogP contribution in [0.5, 0.6) is 0 Å². The number of nitrogens with zero attached hydrogens (tertiary/aromatic N) is 1. The summed E-state index contributed by atoms with van der Waals surface area (Å²) in [6, 6.07) is 3.62. The molecule has 1 aromatic heterocycles. The lowest BCUT2D eigenvalue weighted by molar-refractivity contribution is 0.0590. The number of aliphatic hydroxyl groups excluding tert-OH is 1. The Bertz CT molecular complexity index is 347. The van der Waals surface area contributed by atoms with Crippen molar-refractivity contribution in [3.8, 4) is 0 Å². The van der Waals surface area contributed by atoms with Crippen LogP contribution in [0, 0.1) is 0 Å². The normalized spacial score (nSPS) is 17.0. The van der Waals surface area contributed by atoms with Crippen LogP contribution in [0.1, 0.15) is 23.4 Å². The van der Waals surface area contributed by atoms with Crippen molar-refractivity contribution in [3.63, 3.8) is 0 Å². The van der Waals surface area contributed by atoms with Gasteiger partial charge < -0.3 is 14.4 Å². The molecule has 0 aromatic carbocycles. The average molecular weight is 255 g/mol. The largest absolute Gasteiger partial charge is 0.459 e. The third-order valence-corrected chi connectivity index (χ3v) is 4.01. The molecule has 1 amide bonds. The minimum atomic E-state index is -0.110. The monoisotopic (exact) mass is 255 g/mol. The fourth-order valence-corrected chi connectivity index (χ4v) is 3.18. The summed E-state index contributed by atoms with van der Waals surface area (Å²) in [6.45, 7) is 0.380. The Hall–Kier alpha value is -0.940. The predicted molar refractivity (Wildman–Crippen MR) is 67.2 cm³/mol. The van der Waals surface area contributed by atoms with E-state index in [4.69, 9.17) is 9.52 Å². The second kappa shape index (κ2) is 6.12. The molecule has 1 aromatic rings. The van der Waals surface area contributed by atoms with Gasteiger partial charge in [-0.2, -0.15) is 11.8 Å². The van der Waals surface area contributed by atoms with E-state index in [2.05, 4.69) is 0 Å². The Morgan fingerprint density at radius 3 is 2.88 bits per heavy atom. The first-order valence-corrected chi connectivity index (χ1v) is 7.01. The molecule has 0 atom stereocenters. The SMILES string of the molecule is O=C(c1ccco1)N(CCO)C1CCSCC1. The molecule has 0 saturated carbocycles. The highest BCUT2D eigenvalue weighted by Crippen LogP contribution is 2.23. The van der Waals surface area contributed by atoms with Gasteiger partial charge in [0.2, 0.25) is 0 Å². The molecule has 2 rings (SSSR count). The average Bonchev–Trinajstić information content (AvgIpc) is 2.90. The first-order valence-electron chi connectivity index (χ1n) is 5.86. The van der Waals surface area contributed by atoms with Crippen LogP contribution in [0.4, 0.5) is 0 Å². The second-order valence-corrected chi connectivity index (χ2v) is 5.27. The summed E-state index contributed by atoms with van der Waals surface area (Å²) < 4.78 is 5.14. The fourth-order valence-electron chi connectivity index (χ4n) is 2.10. The number of hydrogen-bond donors (Lipinski definition) is 1. The van der Waals surface area contributed by atoms with Crippen molar-refractivity contribution in [2.45, 2.75) is 18.9 Å². The van der Waals surface area contributed by atoms with E-state index < -0.39 is 0 Å². The highest BCUT2D eigenvalue weighted by molar-refractivity contribution is 7.99. The summed E-state index contributed by atoms with van der Waals surface area (Å²) in [5.74, 6) is 2.41. The number of rotatable bonds is 4. The van der Waals surface area contributed by atoms with Crippen molar-refractivity contribution in [2.24, 2.45) is 0 Å². The Balaban J connectivity index is 2.07. The van der Waals surface area contributed by atoms with E-state index in [1.54, 1.807) is 17.0 Å². The smallest absolute Gasteiger partial charge is 0.289 e. The van der Waals surface area contributed by atoms with E-state index in [0.717, 1.165) is 24.3 Å². The Morgan fingerprint density at radius 2 is 2.29 bits per heavy atom. The van der Waals surface area contributed by atoms with Crippen LogP contribution < -0.4 is 0 Å². The van der Waals surface area contributed by atoms with Crippen LogP contribution in [0.25, 0.3) is 0 Å². The number of amides is 1. The fraction of sp³-hybridized carbons (Fsp3) is 0.583. The summed E-state index contributed by atoms with van der Waals surface area (Å²) in [6.07, 6.45) is 3.50. The summed E-state index contributed by atoms with van der Waals surface area (Å²) in [5, 5.41) is 9.08. The lowest BCUT2D eigenvalue weighted by Gasteiger charge is -2.33. The van der Waals surface area contributed by atoms with Crippen molar-refractivity contribution in [1.82, 2.24) is 4.90 Å². The number of furan rings is 1. The number of aliphatic hydroxyl groups is 1. The van der Waals surface area contributed by atoms with Gasteiger partial charge in [0.25, 0.3) is 5.91 Å². The summed E-state index contributed by atoms with van der Waals surface area (Å²) in [7, 11) is 0. The van der Waals surface area contributed by atoms with E-state index >= 15 is 0 Å². The van der Waals surface area contributed by atoms with Crippen LogP contribution in [0.15, 0.2) is 22.8 Å². The predicted octanol–water partition coefficient (Wildman–Crippen LogP) is 1.61. The van der Waals surface area contributed by atoms with Gasteiger partial charge in [0.05, 0.1) is 12.9 Å². The van der Waals surface area contributed by atoms with E-state index in [1.165, 1.54) is 6.26 Å². The standard InChI is InChI=1S/C12H17NO3S/c14-6-5-13(10-3-8-17-9-4-10)12(15)11-2-1-7-16-11/h1-2,7,10,14H,3-6,8-9H2. The number of carbonyl (C=O) groups is 1. The van der Waals surface area contributed by atoms with Crippen LogP contribution in [0.2, 0.25) is 0 Å². The van der Waals surface area contributed by atoms with Crippen molar-refractivity contribution < 1.29 is 14.3 Å². The molecular weight excluding hydrogens is 238 g/mol. The minimum absolute atomic E-state index is 0.00388. The highest BCUT2D eigenvalue weighted by Gasteiger charge is 2.27. The minimum Gasteiger partial charge on any atom is -0.459 e. The van der Waals surface area contributed by atoms with Gasteiger partial charge in [-0.05, 0) is 36.5 Å². The van der Waals surface area contributed by atoms with Crippen LogP contribution in [0.3, 0.4) is 0 Å². The van der Waals surface area contributed by atoms with Crippen molar-refractivity contribution in [1.29, 1.82) is 0 Å². The highest BCUT2D eigenvalue weighted by atomic mass is 32.2. The zero-order chi connectivity index (χ0) is 12.1. The van der Waals surface area contributed by atoms with Gasteiger partial charge in [0, 0.05) is 12.6 Å². The van der Waals surface area contributed by atoms with E-state index in [1.807, 2.05) is 11.8 Å². The first kappa shape index (κ1) is 12.5. The first-order chi connectivity index (χ1) is 8.33. The molecule has 94 valence electrons. The van der Waals surface area contributed by atoms with Crippen LogP contribution >= 0.6 is 11.8 Å². The van der Waals surface area contributed by atoms with Gasteiger partial charge in [0.1, 0.15) is 0 Å². The van der Waals surface area contributed by atoms with Gasteiger partial charge in [-0.25, -0.2) is 0 Å². The molecule has 0 aliphatic carbocycles. The van der Waals surface area contributed by atoms with Crippen molar-refractivity contribution in [2.75, 3.05) is 24.7 Å². The quantitative estimate of drug-likeness (QED) is 0.888. The Morgan fingerprint density at radius 1 is 1.53 bits per heavy atom. The number of carbonyl (C=O) groups excluding carboxylic acids is 1. The van der Waals surface area contributed by atoms with Crippen molar-refractivity contribution in [3.05, 3.63) is 24.2 Å². The lowest BCUT2D eigenvalue weighted by atomic mass is 10.1. The lowest BCUT2D eigenvalue weighted by Crippen LogP contribution is -2.43. The van der Waals surface area contributed by atoms with E-state index in [-0.39, 0.29) is 18.6 Å². The Kier molecular flexibility index (Phi) is 4.50. The number of hydrogen-bond acceptors (Lipinski definition) is 4. The molecule has 1 aliphatic heterocycles. The van der Waals surface area contributed by atoms with Crippen LogP contribution in [-0.4, -0.2) is 46.6 Å². The molecule has 1 saturated heterocycles. The zero-order valence-corrected chi connectivity index (χ0v) is 10.5. The van der Waals surface area contributed by atoms with Gasteiger partial charge in [0.15, 0.2) is 5.76 Å². The molecule has 0 spiro atoms. The Labute approximate surface area is 105 Å². The van der Waals surface area contributed by atoms with Crippen molar-refractivity contribution >= 4 is 17.7 Å². The molecule has 4 nitrogen and oxygen atoms in total. The molecule has 5 heteroatoms. The van der Waals surface area contributed by atoms with Gasteiger partial charge in [-0.15, -0.1) is 0 Å².